The monoisotopic (exact) mass is 355 g/mol. The molecule has 3 rings (SSSR count). The van der Waals surface area contributed by atoms with Crippen LogP contribution in [0, 0.1) is 3.57 Å². The van der Waals surface area contributed by atoms with E-state index >= 15 is 0 Å². The van der Waals surface area contributed by atoms with Crippen molar-refractivity contribution >= 4 is 40.2 Å². The first kappa shape index (κ1) is 11.7. The first-order valence-corrected chi connectivity index (χ1v) is 6.53. The van der Waals surface area contributed by atoms with Gasteiger partial charge in [-0.3, -0.25) is 4.79 Å². The minimum atomic E-state index is -1.18. The van der Waals surface area contributed by atoms with Crippen LogP contribution in [0.25, 0.3) is 0 Å². The molecule has 0 aliphatic carbocycles. The molecule has 1 amide bonds. The summed E-state index contributed by atoms with van der Waals surface area (Å²) in [5.74, 6) is -0.685. The van der Waals surface area contributed by atoms with Crippen LogP contribution in [0.3, 0.4) is 0 Å². The lowest BCUT2D eigenvalue weighted by Crippen LogP contribution is -2.38. The van der Waals surface area contributed by atoms with E-state index in [2.05, 4.69) is 29.2 Å². The summed E-state index contributed by atoms with van der Waals surface area (Å²) >= 11 is 2.17. The van der Waals surface area contributed by atoms with Crippen molar-refractivity contribution in [2.24, 2.45) is 0 Å². The first-order valence-electron chi connectivity index (χ1n) is 5.45. The van der Waals surface area contributed by atoms with E-state index in [4.69, 9.17) is 4.74 Å². The van der Waals surface area contributed by atoms with Crippen LogP contribution in [-0.4, -0.2) is 18.9 Å². The Hall–Kier alpha value is -1.37. The summed E-state index contributed by atoms with van der Waals surface area (Å²) < 4.78 is 6.36. The Bertz CT molecular complexity index is 592. The van der Waals surface area contributed by atoms with E-state index in [1.165, 1.54) is 4.90 Å². The van der Waals surface area contributed by atoms with Gasteiger partial charge < -0.3 is 9.64 Å². The van der Waals surface area contributed by atoms with Gasteiger partial charge in [-0.2, -0.15) is 0 Å². The van der Waals surface area contributed by atoms with Crippen LogP contribution in [0.15, 0.2) is 30.4 Å². The van der Waals surface area contributed by atoms with Gasteiger partial charge in [-0.05, 0) is 40.8 Å². The average molecular weight is 355 g/mol. The third kappa shape index (κ3) is 1.31. The minimum absolute atomic E-state index is 0.202. The predicted molar refractivity (Wildman–Crippen MR) is 74.1 cm³/mol. The molecule has 1 aromatic carbocycles. The van der Waals surface area contributed by atoms with Crippen molar-refractivity contribution in [3.8, 4) is 0 Å². The largest absolute Gasteiger partial charge is 0.440 e. The molecule has 0 radical (unpaired) electrons. The number of carbonyl (C=O) groups excluding carboxylic acids is 2. The second-order valence-corrected chi connectivity index (χ2v) is 5.77. The summed E-state index contributed by atoms with van der Waals surface area (Å²) in [6.07, 6.45) is 0.238. The van der Waals surface area contributed by atoms with Crippen LogP contribution < -0.4 is 4.90 Å². The summed E-state index contributed by atoms with van der Waals surface area (Å²) in [5, 5.41) is 0. The number of fused-ring (bicyclic) bond motifs is 2. The van der Waals surface area contributed by atoms with Gasteiger partial charge in [0.05, 0.1) is 5.69 Å². The van der Waals surface area contributed by atoms with E-state index < -0.39 is 11.6 Å². The smallest absolute Gasteiger partial charge is 0.335 e. The van der Waals surface area contributed by atoms with Crippen LogP contribution >= 0.6 is 22.6 Å². The molecule has 2 heterocycles. The fraction of sp³-hybridized carbons (Fsp3) is 0.231. The van der Waals surface area contributed by atoms with Crippen molar-refractivity contribution in [2.45, 2.75) is 12.0 Å². The molecule has 92 valence electrons. The van der Waals surface area contributed by atoms with E-state index in [0.717, 1.165) is 14.8 Å². The molecule has 2 aliphatic heterocycles. The lowest BCUT2D eigenvalue weighted by molar-refractivity contribution is -0.156. The summed E-state index contributed by atoms with van der Waals surface area (Å²) in [6.45, 7) is 3.66. The molecule has 4 nitrogen and oxygen atoms in total. The zero-order valence-electron chi connectivity index (χ0n) is 9.70. The number of hydrogen-bond donors (Lipinski definition) is 0. The van der Waals surface area contributed by atoms with Crippen molar-refractivity contribution < 1.29 is 14.3 Å². The number of nitrogens with zero attached hydrogens (tertiary/aromatic N) is 1. The van der Waals surface area contributed by atoms with E-state index in [-0.39, 0.29) is 12.3 Å². The number of benzene rings is 1. The molecule has 1 spiro atoms. The van der Waals surface area contributed by atoms with E-state index in [0.29, 0.717) is 5.57 Å². The molecule has 1 unspecified atom stereocenters. The second-order valence-electron chi connectivity index (χ2n) is 4.52. The third-order valence-electron chi connectivity index (χ3n) is 3.42. The fourth-order valence-corrected chi connectivity index (χ4v) is 3.02. The number of anilines is 1. The number of likely N-dealkylation sites (N-methyl/N-ethyl adjacent to an activating group) is 1. The topological polar surface area (TPSA) is 46.6 Å². The minimum Gasteiger partial charge on any atom is -0.440 e. The first-order chi connectivity index (χ1) is 8.45. The Balaban J connectivity index is 2.24. The van der Waals surface area contributed by atoms with Gasteiger partial charge in [-0.1, -0.05) is 6.58 Å². The van der Waals surface area contributed by atoms with Gasteiger partial charge in [0.25, 0.3) is 5.91 Å². The highest BCUT2D eigenvalue weighted by Gasteiger charge is 2.57. The Labute approximate surface area is 118 Å². The Morgan fingerprint density at radius 3 is 2.78 bits per heavy atom. The van der Waals surface area contributed by atoms with E-state index in [1.807, 2.05) is 18.2 Å². The van der Waals surface area contributed by atoms with Gasteiger partial charge in [-0.15, -0.1) is 0 Å². The SMILES string of the molecule is C=C1CC2(OC1=O)C(=O)N(C)c1ccc(I)cc12. The number of amides is 1. The van der Waals surface area contributed by atoms with E-state index in [1.54, 1.807) is 7.05 Å². The zero-order valence-corrected chi connectivity index (χ0v) is 11.9. The second kappa shape index (κ2) is 3.57. The third-order valence-corrected chi connectivity index (χ3v) is 4.09. The van der Waals surface area contributed by atoms with Crippen LogP contribution in [-0.2, 0) is 19.9 Å². The van der Waals surface area contributed by atoms with Crippen molar-refractivity contribution in [1.29, 1.82) is 0 Å². The summed E-state index contributed by atoms with van der Waals surface area (Å²) in [5.41, 5.74) is 0.722. The van der Waals surface area contributed by atoms with Crippen LogP contribution in [0.5, 0.6) is 0 Å². The molecule has 0 saturated carbocycles. The summed E-state index contributed by atoms with van der Waals surface area (Å²) in [4.78, 5) is 25.5. The van der Waals surface area contributed by atoms with Gasteiger partial charge in [-0.25, -0.2) is 4.79 Å². The molecule has 0 aromatic heterocycles. The Morgan fingerprint density at radius 1 is 1.44 bits per heavy atom. The fourth-order valence-electron chi connectivity index (χ4n) is 2.53. The van der Waals surface area contributed by atoms with Gasteiger partial charge in [0.2, 0.25) is 5.60 Å². The highest BCUT2D eigenvalue weighted by atomic mass is 127. The van der Waals surface area contributed by atoms with Crippen molar-refractivity contribution in [2.75, 3.05) is 11.9 Å². The van der Waals surface area contributed by atoms with Gasteiger partial charge in [0, 0.05) is 28.2 Å². The van der Waals surface area contributed by atoms with E-state index in [9.17, 15) is 9.59 Å². The number of hydrogen-bond acceptors (Lipinski definition) is 3. The average Bonchev–Trinajstić information content (AvgIpc) is 2.73. The van der Waals surface area contributed by atoms with Gasteiger partial charge in [0.15, 0.2) is 0 Å². The Morgan fingerprint density at radius 2 is 2.17 bits per heavy atom. The standard InChI is InChI=1S/C13H10INO3/c1-7-6-13(18-11(7)16)9-5-8(14)3-4-10(9)15(2)12(13)17/h3-5H,1,6H2,2H3. The van der Waals surface area contributed by atoms with Crippen molar-refractivity contribution in [3.63, 3.8) is 0 Å². The maximum atomic E-state index is 12.4. The number of ether oxygens (including phenoxy) is 1. The van der Waals surface area contributed by atoms with Gasteiger partial charge in [0.1, 0.15) is 0 Å². The maximum Gasteiger partial charge on any atom is 0.335 e. The molecule has 5 heteroatoms. The maximum absolute atomic E-state index is 12.4. The molecular formula is C13H10INO3. The van der Waals surface area contributed by atoms with Gasteiger partial charge >= 0.3 is 5.97 Å². The zero-order chi connectivity index (χ0) is 13.1. The number of carbonyl (C=O) groups is 2. The van der Waals surface area contributed by atoms with Crippen LogP contribution in [0.1, 0.15) is 12.0 Å². The molecule has 0 N–H and O–H groups in total. The quantitative estimate of drug-likeness (QED) is 0.406. The Kier molecular flexibility index (Phi) is 2.32. The van der Waals surface area contributed by atoms with Crippen LogP contribution in [0.2, 0.25) is 0 Å². The molecule has 1 atom stereocenters. The van der Waals surface area contributed by atoms with Crippen LogP contribution in [0.4, 0.5) is 5.69 Å². The van der Waals surface area contributed by atoms with Crippen molar-refractivity contribution in [1.82, 2.24) is 0 Å². The molecule has 1 aromatic rings. The highest BCUT2D eigenvalue weighted by Crippen LogP contribution is 2.49. The number of rotatable bonds is 0. The molecular weight excluding hydrogens is 345 g/mol. The number of esters is 1. The lowest BCUT2D eigenvalue weighted by Gasteiger charge is -2.20. The molecule has 1 fully saturated rings. The molecule has 18 heavy (non-hydrogen) atoms. The van der Waals surface area contributed by atoms with Crippen molar-refractivity contribution in [3.05, 3.63) is 39.5 Å². The molecule has 2 aliphatic rings. The number of halogens is 1. The lowest BCUT2D eigenvalue weighted by atomic mass is 9.91. The highest BCUT2D eigenvalue weighted by molar-refractivity contribution is 14.1. The summed E-state index contributed by atoms with van der Waals surface area (Å²) in [6, 6.07) is 5.69. The molecule has 0 bridgehead atoms. The normalized spacial score (nSPS) is 25.9. The summed E-state index contributed by atoms with van der Waals surface area (Å²) in [7, 11) is 1.69. The predicted octanol–water partition coefficient (Wildman–Crippen LogP) is 1.97. The molecule has 1 saturated heterocycles.